The molecule has 1 aliphatic heterocycles. The Hall–Kier alpha value is -2.17. The normalized spacial score (nSPS) is 16.3. The van der Waals surface area contributed by atoms with Gasteiger partial charge in [-0.1, -0.05) is 11.8 Å². The van der Waals surface area contributed by atoms with Crippen LogP contribution in [0.2, 0.25) is 0 Å². The average Bonchev–Trinajstić information content (AvgIpc) is 3.44. The minimum Gasteiger partial charge on any atom is -0.469 e. The molecule has 152 valence electrons. The van der Waals surface area contributed by atoms with Crippen LogP contribution in [0.1, 0.15) is 18.6 Å². The Morgan fingerprint density at radius 3 is 2.97 bits per heavy atom. The fourth-order valence-electron chi connectivity index (χ4n) is 3.13. The van der Waals surface area contributed by atoms with Gasteiger partial charge in [0.05, 0.1) is 30.2 Å². The number of anilines is 1. The minimum absolute atomic E-state index is 0.122. The third-order valence-corrected chi connectivity index (χ3v) is 5.99. The third kappa shape index (κ3) is 4.88. The second-order valence-corrected chi connectivity index (χ2v) is 8.50. The molecule has 1 atom stereocenters. The number of hydrogen-bond donors (Lipinski definition) is 1. The van der Waals surface area contributed by atoms with Gasteiger partial charge in [-0.05, 0) is 53.9 Å². The van der Waals surface area contributed by atoms with Gasteiger partial charge in [0.2, 0.25) is 5.91 Å². The monoisotopic (exact) mass is 477 g/mol. The van der Waals surface area contributed by atoms with Crippen molar-refractivity contribution >= 4 is 39.4 Å². The van der Waals surface area contributed by atoms with Crippen molar-refractivity contribution in [2.75, 3.05) is 17.7 Å². The lowest BCUT2D eigenvalue weighted by atomic mass is 10.2. The van der Waals surface area contributed by atoms with Gasteiger partial charge < -0.3 is 14.5 Å². The molecule has 0 spiro atoms. The van der Waals surface area contributed by atoms with Gasteiger partial charge in [0.15, 0.2) is 11.0 Å². The molecule has 8 nitrogen and oxygen atoms in total. The predicted molar refractivity (Wildman–Crippen MR) is 113 cm³/mol. The Kier molecular flexibility index (Phi) is 6.31. The van der Waals surface area contributed by atoms with Gasteiger partial charge >= 0.3 is 0 Å². The predicted octanol–water partition coefficient (Wildman–Crippen LogP) is 3.91. The number of ether oxygens (including phenoxy) is 1. The van der Waals surface area contributed by atoms with Crippen LogP contribution < -0.4 is 5.32 Å². The van der Waals surface area contributed by atoms with Gasteiger partial charge in [-0.25, -0.2) is 4.98 Å². The van der Waals surface area contributed by atoms with E-state index in [1.165, 1.54) is 11.8 Å². The quantitative estimate of drug-likeness (QED) is 0.515. The molecule has 1 amide bonds. The molecule has 3 aromatic rings. The summed E-state index contributed by atoms with van der Waals surface area (Å²) in [4.78, 5) is 16.5. The standard InChI is InChI=1S/C19H20BrN5O3S/c1-12-15(6-8-27-12)18-23-24-19(25(18)10-14-3-2-7-28-14)29-11-17(26)22-16-5-4-13(20)9-21-16/h4-6,8-9,14H,2-3,7,10-11H2,1H3,(H,21,22,26). The number of nitrogens with one attached hydrogen (secondary N) is 1. The molecule has 4 rings (SSSR count). The summed E-state index contributed by atoms with van der Waals surface area (Å²) in [6, 6.07) is 5.45. The van der Waals surface area contributed by atoms with Crippen LogP contribution in [0.15, 0.2) is 44.7 Å². The number of pyridine rings is 1. The maximum atomic E-state index is 12.3. The van der Waals surface area contributed by atoms with Crippen molar-refractivity contribution in [3.05, 3.63) is 40.9 Å². The summed E-state index contributed by atoms with van der Waals surface area (Å²) in [7, 11) is 0. The lowest BCUT2D eigenvalue weighted by molar-refractivity contribution is -0.113. The molecule has 4 heterocycles. The van der Waals surface area contributed by atoms with Crippen LogP contribution in [0.5, 0.6) is 0 Å². The van der Waals surface area contributed by atoms with E-state index >= 15 is 0 Å². The Labute approximate surface area is 180 Å². The first kappa shape index (κ1) is 20.1. The first-order valence-corrected chi connectivity index (χ1v) is 11.0. The zero-order valence-corrected chi connectivity index (χ0v) is 18.2. The molecule has 1 unspecified atom stereocenters. The lowest BCUT2D eigenvalue weighted by Crippen LogP contribution is -2.18. The van der Waals surface area contributed by atoms with Crippen molar-refractivity contribution in [2.24, 2.45) is 0 Å². The van der Waals surface area contributed by atoms with Crippen LogP contribution >= 0.6 is 27.7 Å². The van der Waals surface area contributed by atoms with Crippen LogP contribution in [-0.4, -0.2) is 44.1 Å². The maximum Gasteiger partial charge on any atom is 0.236 e. The van der Waals surface area contributed by atoms with E-state index in [0.717, 1.165) is 41.1 Å². The highest BCUT2D eigenvalue weighted by Crippen LogP contribution is 2.29. The summed E-state index contributed by atoms with van der Waals surface area (Å²) < 4.78 is 14.1. The zero-order valence-electron chi connectivity index (χ0n) is 15.8. The number of carbonyl (C=O) groups is 1. The molecule has 10 heteroatoms. The van der Waals surface area contributed by atoms with E-state index in [0.29, 0.717) is 17.5 Å². The van der Waals surface area contributed by atoms with Crippen LogP contribution in [0, 0.1) is 6.92 Å². The Bertz CT molecular complexity index is 982. The topological polar surface area (TPSA) is 95.1 Å². The summed E-state index contributed by atoms with van der Waals surface area (Å²) in [5.74, 6) is 2.06. The highest BCUT2D eigenvalue weighted by atomic mass is 79.9. The first-order valence-electron chi connectivity index (χ1n) is 9.23. The number of aryl methyl sites for hydroxylation is 1. The molecule has 0 aliphatic carbocycles. The first-order chi connectivity index (χ1) is 14.1. The molecule has 0 saturated carbocycles. The van der Waals surface area contributed by atoms with Gasteiger partial charge in [-0.15, -0.1) is 10.2 Å². The number of carbonyl (C=O) groups excluding carboxylic acids is 1. The highest BCUT2D eigenvalue weighted by Gasteiger charge is 2.23. The number of rotatable bonds is 7. The molecule has 1 N–H and O–H groups in total. The van der Waals surface area contributed by atoms with Crippen molar-refractivity contribution in [3.63, 3.8) is 0 Å². The van der Waals surface area contributed by atoms with Crippen LogP contribution in [0.3, 0.4) is 0 Å². The second-order valence-electron chi connectivity index (χ2n) is 6.64. The number of thioether (sulfide) groups is 1. The van der Waals surface area contributed by atoms with Crippen molar-refractivity contribution in [1.29, 1.82) is 0 Å². The molecule has 29 heavy (non-hydrogen) atoms. The minimum atomic E-state index is -0.155. The summed E-state index contributed by atoms with van der Waals surface area (Å²) in [6.07, 6.45) is 5.46. The smallest absolute Gasteiger partial charge is 0.236 e. The van der Waals surface area contributed by atoms with Crippen molar-refractivity contribution in [2.45, 2.75) is 37.6 Å². The average molecular weight is 478 g/mol. The van der Waals surface area contributed by atoms with Crippen LogP contribution in [0.25, 0.3) is 11.4 Å². The van der Waals surface area contributed by atoms with Gasteiger partial charge in [0, 0.05) is 17.3 Å². The second kappa shape index (κ2) is 9.10. The third-order valence-electron chi connectivity index (χ3n) is 4.55. The zero-order chi connectivity index (χ0) is 20.2. The van der Waals surface area contributed by atoms with Gasteiger partial charge in [0.1, 0.15) is 11.6 Å². The van der Waals surface area contributed by atoms with Gasteiger partial charge in [0.25, 0.3) is 0 Å². The largest absolute Gasteiger partial charge is 0.469 e. The van der Waals surface area contributed by atoms with Gasteiger partial charge in [-0.3, -0.25) is 9.36 Å². The van der Waals surface area contributed by atoms with E-state index in [2.05, 4.69) is 36.4 Å². The highest BCUT2D eigenvalue weighted by molar-refractivity contribution is 9.10. The molecule has 1 saturated heterocycles. The van der Waals surface area contributed by atoms with E-state index in [1.807, 2.05) is 23.6 Å². The number of amides is 1. The number of aromatic nitrogens is 4. The Morgan fingerprint density at radius 1 is 1.38 bits per heavy atom. The molecule has 0 bridgehead atoms. The number of halogens is 1. The van der Waals surface area contributed by atoms with Crippen LogP contribution in [-0.2, 0) is 16.1 Å². The van der Waals surface area contributed by atoms with E-state index in [1.54, 1.807) is 18.5 Å². The van der Waals surface area contributed by atoms with E-state index in [9.17, 15) is 4.79 Å². The summed E-state index contributed by atoms with van der Waals surface area (Å²) in [5.41, 5.74) is 0.894. The Balaban J connectivity index is 1.48. The molecule has 1 fully saturated rings. The molecule has 0 aromatic carbocycles. The van der Waals surface area contributed by atoms with E-state index in [4.69, 9.17) is 9.15 Å². The molecular weight excluding hydrogens is 458 g/mol. The van der Waals surface area contributed by atoms with E-state index in [-0.39, 0.29) is 17.8 Å². The van der Waals surface area contributed by atoms with Crippen molar-refractivity contribution < 1.29 is 13.9 Å². The fourth-order valence-corrected chi connectivity index (χ4v) is 4.11. The molecule has 1 aliphatic rings. The number of nitrogens with zero attached hydrogens (tertiary/aromatic N) is 4. The van der Waals surface area contributed by atoms with E-state index < -0.39 is 0 Å². The molecular formula is C19H20BrN5O3S. The molecule has 3 aromatic heterocycles. The number of furan rings is 1. The summed E-state index contributed by atoms with van der Waals surface area (Å²) >= 11 is 4.67. The number of hydrogen-bond acceptors (Lipinski definition) is 7. The van der Waals surface area contributed by atoms with Crippen LogP contribution in [0.4, 0.5) is 5.82 Å². The van der Waals surface area contributed by atoms with Crippen molar-refractivity contribution in [1.82, 2.24) is 19.7 Å². The fraction of sp³-hybridized carbons (Fsp3) is 0.368. The maximum absolute atomic E-state index is 12.3. The van der Waals surface area contributed by atoms with Gasteiger partial charge in [-0.2, -0.15) is 0 Å². The lowest BCUT2D eigenvalue weighted by Gasteiger charge is -2.14. The summed E-state index contributed by atoms with van der Waals surface area (Å²) in [6.45, 7) is 3.31. The Morgan fingerprint density at radius 2 is 2.28 bits per heavy atom. The summed E-state index contributed by atoms with van der Waals surface area (Å²) in [5, 5.41) is 12.1. The molecule has 0 radical (unpaired) electrons. The van der Waals surface area contributed by atoms with Crippen molar-refractivity contribution in [3.8, 4) is 11.4 Å². The SMILES string of the molecule is Cc1occc1-c1nnc(SCC(=O)Nc2ccc(Br)cn2)n1CC1CCCO1.